The first-order chi connectivity index (χ1) is 12.5. The van der Waals surface area contributed by atoms with Gasteiger partial charge in [-0.2, -0.15) is 0 Å². The van der Waals surface area contributed by atoms with Gasteiger partial charge >= 0.3 is 5.97 Å². The van der Waals surface area contributed by atoms with E-state index < -0.39 is 5.97 Å². The van der Waals surface area contributed by atoms with Gasteiger partial charge in [-0.25, -0.2) is 0 Å². The summed E-state index contributed by atoms with van der Waals surface area (Å²) in [6, 6.07) is 12.7. The number of aliphatic carboxylic acids is 1. The molecule has 0 heterocycles. The zero-order chi connectivity index (χ0) is 18.9. The predicted molar refractivity (Wildman–Crippen MR) is 97.6 cm³/mol. The average molecular weight is 358 g/mol. The van der Waals surface area contributed by atoms with E-state index in [0.717, 1.165) is 11.1 Å². The topological polar surface area (TPSA) is 96.9 Å². The van der Waals surface area contributed by atoms with Crippen molar-refractivity contribution < 1.29 is 24.2 Å². The third kappa shape index (κ3) is 6.10. The van der Waals surface area contributed by atoms with Crippen LogP contribution < -0.4 is 20.1 Å². The summed E-state index contributed by atoms with van der Waals surface area (Å²) in [4.78, 5) is 22.5. The molecule has 26 heavy (non-hydrogen) atoms. The zero-order valence-corrected chi connectivity index (χ0v) is 14.7. The van der Waals surface area contributed by atoms with E-state index in [1.165, 1.54) is 7.11 Å². The lowest BCUT2D eigenvalue weighted by atomic mass is 10.2. The van der Waals surface area contributed by atoms with Crippen molar-refractivity contribution in [1.29, 1.82) is 0 Å². The maximum absolute atomic E-state index is 12.0. The lowest BCUT2D eigenvalue weighted by Gasteiger charge is -2.12. The molecule has 0 unspecified atom stereocenters. The number of methoxy groups -OCH3 is 1. The van der Waals surface area contributed by atoms with Crippen molar-refractivity contribution in [3.05, 3.63) is 53.6 Å². The molecular formula is C19H22N2O5. The highest BCUT2D eigenvalue weighted by atomic mass is 16.5. The SMILES string of the molecule is COc1cc(CNCC(=O)O)ccc1OCC(=O)Nc1ccc(C)cc1. The van der Waals surface area contributed by atoms with Gasteiger partial charge in [0.1, 0.15) is 0 Å². The first kappa shape index (κ1) is 19.3. The monoisotopic (exact) mass is 358 g/mol. The molecule has 0 aliphatic heterocycles. The Bertz CT molecular complexity index is 759. The minimum atomic E-state index is -0.920. The van der Waals surface area contributed by atoms with Crippen LogP contribution in [0.3, 0.4) is 0 Å². The number of hydrogen-bond acceptors (Lipinski definition) is 5. The number of amides is 1. The van der Waals surface area contributed by atoms with Gasteiger partial charge in [0, 0.05) is 12.2 Å². The van der Waals surface area contributed by atoms with E-state index in [4.69, 9.17) is 14.6 Å². The van der Waals surface area contributed by atoms with Crippen molar-refractivity contribution >= 4 is 17.6 Å². The minimum absolute atomic E-state index is 0.125. The molecule has 0 bridgehead atoms. The Kier molecular flexibility index (Phi) is 6.99. The van der Waals surface area contributed by atoms with E-state index in [1.807, 2.05) is 31.2 Å². The maximum Gasteiger partial charge on any atom is 0.317 e. The zero-order valence-electron chi connectivity index (χ0n) is 14.7. The molecule has 2 aromatic carbocycles. The Hall–Kier alpha value is -3.06. The van der Waals surface area contributed by atoms with Crippen LogP contribution in [0.15, 0.2) is 42.5 Å². The molecule has 0 saturated heterocycles. The molecule has 1 amide bonds. The van der Waals surface area contributed by atoms with E-state index in [2.05, 4.69) is 10.6 Å². The first-order valence-corrected chi connectivity index (χ1v) is 8.06. The summed E-state index contributed by atoms with van der Waals surface area (Å²) in [5, 5.41) is 14.2. The van der Waals surface area contributed by atoms with Gasteiger partial charge < -0.3 is 25.2 Å². The Labute approximate surface area is 151 Å². The second kappa shape index (κ2) is 9.43. The molecule has 3 N–H and O–H groups in total. The Morgan fingerprint density at radius 3 is 2.46 bits per heavy atom. The number of nitrogens with one attached hydrogen (secondary N) is 2. The standard InChI is InChI=1S/C19H22N2O5/c1-13-3-6-15(7-4-13)21-18(22)12-26-16-8-5-14(9-17(16)25-2)10-20-11-19(23)24/h3-9,20H,10-12H2,1-2H3,(H,21,22)(H,23,24). The molecule has 0 fully saturated rings. The van der Waals surface area contributed by atoms with Gasteiger partial charge in [-0.1, -0.05) is 23.8 Å². The number of carboxylic acid groups (broad SMARTS) is 1. The second-order valence-corrected chi connectivity index (χ2v) is 5.69. The summed E-state index contributed by atoms with van der Waals surface area (Å²) in [6.45, 7) is 2.08. The fourth-order valence-corrected chi connectivity index (χ4v) is 2.23. The molecular weight excluding hydrogens is 336 g/mol. The van der Waals surface area contributed by atoms with Gasteiger partial charge in [0.05, 0.1) is 13.7 Å². The number of carbonyl (C=O) groups excluding carboxylic acids is 1. The van der Waals surface area contributed by atoms with Crippen LogP contribution in [-0.2, 0) is 16.1 Å². The molecule has 0 aliphatic rings. The molecule has 0 radical (unpaired) electrons. The number of carboxylic acids is 1. The molecule has 0 saturated carbocycles. The van der Waals surface area contributed by atoms with Crippen molar-refractivity contribution in [3.63, 3.8) is 0 Å². The number of anilines is 1. The molecule has 7 nitrogen and oxygen atoms in total. The second-order valence-electron chi connectivity index (χ2n) is 5.69. The van der Waals surface area contributed by atoms with Gasteiger partial charge in [0.15, 0.2) is 18.1 Å². The van der Waals surface area contributed by atoms with Crippen LogP contribution in [0, 0.1) is 6.92 Å². The lowest BCUT2D eigenvalue weighted by Crippen LogP contribution is -2.22. The van der Waals surface area contributed by atoms with E-state index in [0.29, 0.717) is 23.7 Å². The molecule has 7 heteroatoms. The number of carbonyl (C=O) groups is 2. The average Bonchev–Trinajstić information content (AvgIpc) is 2.62. The van der Waals surface area contributed by atoms with Gasteiger partial charge in [0.25, 0.3) is 5.91 Å². The number of benzene rings is 2. The van der Waals surface area contributed by atoms with Crippen molar-refractivity contribution in [2.75, 3.05) is 25.6 Å². The lowest BCUT2D eigenvalue weighted by molar-refractivity contribution is -0.136. The molecule has 2 rings (SSSR count). The fourth-order valence-electron chi connectivity index (χ4n) is 2.23. The highest BCUT2D eigenvalue weighted by molar-refractivity contribution is 5.91. The van der Waals surface area contributed by atoms with Crippen LogP contribution in [0.4, 0.5) is 5.69 Å². The third-order valence-electron chi connectivity index (χ3n) is 3.53. The molecule has 138 valence electrons. The Morgan fingerprint density at radius 1 is 1.08 bits per heavy atom. The molecule has 0 atom stereocenters. The van der Waals surface area contributed by atoms with Crippen LogP contribution in [0.5, 0.6) is 11.5 Å². The van der Waals surface area contributed by atoms with Crippen molar-refractivity contribution in [3.8, 4) is 11.5 Å². The molecule has 0 aromatic heterocycles. The molecule has 0 aliphatic carbocycles. The van der Waals surface area contributed by atoms with Gasteiger partial charge in [-0.15, -0.1) is 0 Å². The predicted octanol–water partition coefficient (Wildman–Crippen LogP) is 2.20. The number of hydrogen-bond donors (Lipinski definition) is 3. The largest absolute Gasteiger partial charge is 0.493 e. The summed E-state index contributed by atoms with van der Waals surface area (Å²) in [7, 11) is 1.50. The number of ether oxygens (including phenoxy) is 2. The van der Waals surface area contributed by atoms with E-state index in [1.54, 1.807) is 18.2 Å². The van der Waals surface area contributed by atoms with Crippen LogP contribution in [0.1, 0.15) is 11.1 Å². The van der Waals surface area contributed by atoms with E-state index in [-0.39, 0.29) is 19.1 Å². The van der Waals surface area contributed by atoms with Crippen LogP contribution in [0.2, 0.25) is 0 Å². The van der Waals surface area contributed by atoms with Gasteiger partial charge in [-0.3, -0.25) is 9.59 Å². The van der Waals surface area contributed by atoms with Crippen LogP contribution >= 0.6 is 0 Å². The minimum Gasteiger partial charge on any atom is -0.493 e. The summed E-state index contributed by atoms with van der Waals surface area (Å²) in [6.07, 6.45) is 0. The van der Waals surface area contributed by atoms with E-state index in [9.17, 15) is 9.59 Å². The highest BCUT2D eigenvalue weighted by Gasteiger charge is 2.09. The van der Waals surface area contributed by atoms with E-state index >= 15 is 0 Å². The summed E-state index contributed by atoms with van der Waals surface area (Å²) >= 11 is 0. The van der Waals surface area contributed by atoms with Gasteiger partial charge in [0.2, 0.25) is 0 Å². The Balaban J connectivity index is 1.90. The van der Waals surface area contributed by atoms with Crippen LogP contribution in [0.25, 0.3) is 0 Å². The quantitative estimate of drug-likeness (QED) is 0.636. The number of rotatable bonds is 9. The summed E-state index contributed by atoms with van der Waals surface area (Å²) < 4.78 is 10.8. The summed E-state index contributed by atoms with van der Waals surface area (Å²) in [5.74, 6) is -0.282. The highest BCUT2D eigenvalue weighted by Crippen LogP contribution is 2.28. The number of aryl methyl sites for hydroxylation is 1. The van der Waals surface area contributed by atoms with Crippen molar-refractivity contribution in [1.82, 2.24) is 5.32 Å². The van der Waals surface area contributed by atoms with Gasteiger partial charge in [-0.05, 0) is 36.8 Å². The van der Waals surface area contributed by atoms with Crippen LogP contribution in [-0.4, -0.2) is 37.2 Å². The summed E-state index contributed by atoms with van der Waals surface area (Å²) in [5.41, 5.74) is 2.66. The van der Waals surface area contributed by atoms with Crippen molar-refractivity contribution in [2.24, 2.45) is 0 Å². The third-order valence-corrected chi connectivity index (χ3v) is 3.53. The molecule has 0 spiro atoms. The normalized spacial score (nSPS) is 10.2. The first-order valence-electron chi connectivity index (χ1n) is 8.06. The molecule has 2 aromatic rings. The fraction of sp³-hybridized carbons (Fsp3) is 0.263. The maximum atomic E-state index is 12.0. The smallest absolute Gasteiger partial charge is 0.317 e. The Morgan fingerprint density at radius 2 is 1.81 bits per heavy atom. The van der Waals surface area contributed by atoms with Crippen molar-refractivity contribution in [2.45, 2.75) is 13.5 Å².